The van der Waals surface area contributed by atoms with E-state index in [2.05, 4.69) is 5.32 Å². The van der Waals surface area contributed by atoms with Crippen LogP contribution < -0.4 is 5.32 Å². The number of anilines is 1. The van der Waals surface area contributed by atoms with Gasteiger partial charge in [-0.3, -0.25) is 0 Å². The number of para-hydroxylation sites is 1. The summed E-state index contributed by atoms with van der Waals surface area (Å²) in [6, 6.07) is 3.27. The molecule has 0 radical (unpaired) electrons. The highest BCUT2D eigenvalue weighted by atomic mass is 19.4. The minimum absolute atomic E-state index is 0.0226. The topological polar surface area (TPSA) is 72.8 Å². The van der Waals surface area contributed by atoms with Gasteiger partial charge in [0.05, 0.1) is 30.0 Å². The summed E-state index contributed by atoms with van der Waals surface area (Å²) in [5, 5.41) is 20.8. The molecule has 0 saturated carbocycles. The van der Waals surface area contributed by atoms with Crippen molar-refractivity contribution in [3.63, 3.8) is 0 Å². The minimum atomic E-state index is -4.58. The first-order chi connectivity index (χ1) is 9.82. The Balaban J connectivity index is 2.17. The van der Waals surface area contributed by atoms with Crippen molar-refractivity contribution in [2.75, 3.05) is 18.5 Å². The van der Waals surface area contributed by atoms with Crippen LogP contribution >= 0.6 is 0 Å². The normalized spacial score (nSPS) is 22.4. The van der Waals surface area contributed by atoms with E-state index in [-0.39, 0.29) is 25.3 Å². The highest BCUT2D eigenvalue weighted by Gasteiger charge is 2.36. The molecule has 1 fully saturated rings. The fourth-order valence-corrected chi connectivity index (χ4v) is 2.34. The number of alkyl halides is 3. The number of halogens is 3. The summed E-state index contributed by atoms with van der Waals surface area (Å²) in [4.78, 5) is 13.2. The van der Waals surface area contributed by atoms with Crippen LogP contribution in [-0.4, -0.2) is 46.4 Å². The van der Waals surface area contributed by atoms with Gasteiger partial charge in [0, 0.05) is 6.54 Å². The van der Waals surface area contributed by atoms with Gasteiger partial charge >= 0.3 is 12.2 Å². The van der Waals surface area contributed by atoms with Crippen molar-refractivity contribution < 1.29 is 28.2 Å². The Bertz CT molecular complexity index is 522. The fourth-order valence-electron chi connectivity index (χ4n) is 2.34. The third-order valence-electron chi connectivity index (χ3n) is 3.34. The lowest BCUT2D eigenvalue weighted by atomic mass is 10.1. The van der Waals surface area contributed by atoms with E-state index in [4.69, 9.17) is 5.11 Å². The average molecular weight is 304 g/mol. The Morgan fingerprint density at radius 2 is 2.05 bits per heavy atom. The largest absolute Gasteiger partial charge is 0.418 e. The summed E-state index contributed by atoms with van der Waals surface area (Å²) in [5.74, 6) is 0. The molecule has 0 aromatic heterocycles. The molecule has 0 aliphatic carbocycles. The summed E-state index contributed by atoms with van der Waals surface area (Å²) in [6.07, 6.45) is -5.17. The van der Waals surface area contributed by atoms with Gasteiger partial charge in [0.15, 0.2) is 0 Å². The molecule has 5 nitrogen and oxygen atoms in total. The molecule has 0 bridgehead atoms. The maximum atomic E-state index is 12.8. The fraction of sp³-hybridized carbons (Fsp3) is 0.462. The van der Waals surface area contributed by atoms with Gasteiger partial charge in [-0.05, 0) is 18.6 Å². The van der Waals surface area contributed by atoms with Gasteiger partial charge in [-0.1, -0.05) is 12.1 Å². The summed E-state index contributed by atoms with van der Waals surface area (Å²) >= 11 is 0. The van der Waals surface area contributed by atoms with Crippen LogP contribution in [0.5, 0.6) is 0 Å². The summed E-state index contributed by atoms with van der Waals surface area (Å²) < 4.78 is 38.5. The van der Waals surface area contributed by atoms with Crippen molar-refractivity contribution in [2.45, 2.75) is 24.7 Å². The molecule has 1 aliphatic rings. The lowest BCUT2D eigenvalue weighted by Crippen LogP contribution is -2.41. The molecule has 1 aromatic carbocycles. The van der Waals surface area contributed by atoms with E-state index in [1.807, 2.05) is 0 Å². The molecule has 2 atom stereocenters. The van der Waals surface area contributed by atoms with Gasteiger partial charge in [0.1, 0.15) is 0 Å². The number of carbonyl (C=O) groups excluding carboxylic acids is 1. The van der Waals surface area contributed by atoms with E-state index in [0.717, 1.165) is 17.0 Å². The lowest BCUT2D eigenvalue weighted by molar-refractivity contribution is -0.136. The van der Waals surface area contributed by atoms with E-state index in [9.17, 15) is 23.1 Å². The molecular weight excluding hydrogens is 289 g/mol. The molecule has 21 heavy (non-hydrogen) atoms. The van der Waals surface area contributed by atoms with Crippen LogP contribution in [0, 0.1) is 0 Å². The number of carbonyl (C=O) groups is 1. The van der Waals surface area contributed by atoms with E-state index in [1.165, 1.54) is 12.1 Å². The van der Waals surface area contributed by atoms with Gasteiger partial charge in [-0.2, -0.15) is 13.2 Å². The van der Waals surface area contributed by atoms with Gasteiger partial charge in [0.2, 0.25) is 0 Å². The quantitative estimate of drug-likeness (QED) is 0.778. The monoisotopic (exact) mass is 304 g/mol. The zero-order valence-electron chi connectivity index (χ0n) is 11.0. The van der Waals surface area contributed by atoms with Gasteiger partial charge in [-0.15, -0.1) is 0 Å². The Labute approximate surface area is 119 Å². The number of rotatable bonds is 2. The third kappa shape index (κ3) is 3.45. The van der Waals surface area contributed by atoms with Crippen LogP contribution in [0.2, 0.25) is 0 Å². The summed E-state index contributed by atoms with van der Waals surface area (Å²) in [6.45, 7) is -0.378. The maximum absolute atomic E-state index is 12.8. The number of aliphatic hydroxyl groups is 2. The molecule has 1 heterocycles. The second kappa shape index (κ2) is 5.90. The zero-order chi connectivity index (χ0) is 15.6. The van der Waals surface area contributed by atoms with Crippen molar-refractivity contribution >= 4 is 11.7 Å². The highest BCUT2D eigenvalue weighted by Crippen LogP contribution is 2.34. The number of nitrogens with one attached hydrogen (secondary N) is 1. The van der Waals surface area contributed by atoms with Crippen LogP contribution in [0.3, 0.4) is 0 Å². The van der Waals surface area contributed by atoms with Gasteiger partial charge < -0.3 is 20.4 Å². The average Bonchev–Trinajstić information content (AvgIpc) is 2.79. The molecule has 0 spiro atoms. The Morgan fingerprint density at radius 1 is 1.38 bits per heavy atom. The number of urea groups is 1. The van der Waals surface area contributed by atoms with Crippen LogP contribution in [0.15, 0.2) is 24.3 Å². The lowest BCUT2D eigenvalue weighted by Gasteiger charge is -2.24. The number of aliphatic hydroxyl groups excluding tert-OH is 2. The second-order valence-corrected chi connectivity index (χ2v) is 4.85. The van der Waals surface area contributed by atoms with Crippen molar-refractivity contribution in [3.05, 3.63) is 29.8 Å². The Hall–Kier alpha value is -1.80. The minimum Gasteiger partial charge on any atom is -0.394 e. The SMILES string of the molecule is O=C(Nc1ccccc1C(F)(F)F)N1C[C@H](O)C[C@H]1CO. The Morgan fingerprint density at radius 3 is 2.67 bits per heavy atom. The maximum Gasteiger partial charge on any atom is 0.418 e. The predicted molar refractivity (Wildman–Crippen MR) is 68.7 cm³/mol. The first kappa shape index (κ1) is 15.6. The van der Waals surface area contributed by atoms with E-state index in [1.54, 1.807) is 0 Å². The predicted octanol–water partition coefficient (Wildman–Crippen LogP) is 1.66. The van der Waals surface area contributed by atoms with E-state index >= 15 is 0 Å². The number of hydrogen-bond donors (Lipinski definition) is 3. The molecule has 2 rings (SSSR count). The van der Waals surface area contributed by atoms with Crippen molar-refractivity contribution in [2.24, 2.45) is 0 Å². The number of nitrogens with zero attached hydrogens (tertiary/aromatic N) is 1. The number of likely N-dealkylation sites (tertiary alicyclic amines) is 1. The van der Waals surface area contributed by atoms with Crippen molar-refractivity contribution in [3.8, 4) is 0 Å². The van der Waals surface area contributed by atoms with Crippen molar-refractivity contribution in [1.29, 1.82) is 0 Å². The first-order valence-electron chi connectivity index (χ1n) is 6.35. The molecular formula is C13H15F3N2O3. The number of amides is 2. The molecule has 0 unspecified atom stereocenters. The van der Waals surface area contributed by atoms with Crippen LogP contribution in [0.1, 0.15) is 12.0 Å². The van der Waals surface area contributed by atoms with Crippen LogP contribution in [0.25, 0.3) is 0 Å². The Kier molecular flexibility index (Phi) is 4.38. The number of hydrogen-bond acceptors (Lipinski definition) is 3. The van der Waals surface area contributed by atoms with Crippen LogP contribution in [-0.2, 0) is 6.18 Å². The molecule has 1 saturated heterocycles. The highest BCUT2D eigenvalue weighted by molar-refractivity contribution is 5.90. The third-order valence-corrected chi connectivity index (χ3v) is 3.34. The standard InChI is InChI=1S/C13H15F3N2O3/c14-13(15,16)10-3-1-2-4-11(10)17-12(21)18-6-9(20)5-8(18)7-19/h1-4,8-9,19-20H,5-7H2,(H,17,21)/t8-,9+/m0/s1. The first-order valence-corrected chi connectivity index (χ1v) is 6.35. The number of β-amino-alcohol motifs (C(OH)–C–C–N with tert-alkyl or cyclic N) is 1. The zero-order valence-corrected chi connectivity index (χ0v) is 11.0. The second-order valence-electron chi connectivity index (χ2n) is 4.85. The molecule has 1 aliphatic heterocycles. The van der Waals surface area contributed by atoms with Crippen molar-refractivity contribution in [1.82, 2.24) is 4.90 Å². The smallest absolute Gasteiger partial charge is 0.394 e. The van der Waals surface area contributed by atoms with E-state index < -0.39 is 29.9 Å². The number of benzene rings is 1. The summed E-state index contributed by atoms with van der Waals surface area (Å²) in [5.41, 5.74) is -1.30. The summed E-state index contributed by atoms with van der Waals surface area (Å²) in [7, 11) is 0. The molecule has 2 amide bonds. The molecule has 3 N–H and O–H groups in total. The van der Waals surface area contributed by atoms with E-state index in [0.29, 0.717) is 0 Å². The van der Waals surface area contributed by atoms with Crippen LogP contribution in [0.4, 0.5) is 23.7 Å². The van der Waals surface area contributed by atoms with Gasteiger partial charge in [0.25, 0.3) is 0 Å². The molecule has 116 valence electrons. The van der Waals surface area contributed by atoms with Gasteiger partial charge in [-0.25, -0.2) is 4.79 Å². The molecule has 8 heteroatoms. The molecule has 1 aromatic rings.